The molecule has 2 aromatic heterocycles. The van der Waals surface area contributed by atoms with Crippen LogP contribution in [0.15, 0.2) is 48.8 Å². The summed E-state index contributed by atoms with van der Waals surface area (Å²) >= 11 is 0. The summed E-state index contributed by atoms with van der Waals surface area (Å²) in [4.78, 5) is 25.1. The maximum absolute atomic E-state index is 12.4. The number of carbonyl (C=O) groups is 2. The minimum absolute atomic E-state index is 0.106. The Morgan fingerprint density at radius 3 is 2.74 bits per heavy atom. The standard InChI is InChI=1S/C18H20N6O3/c1-3-27-16(25)12-24-21-17(20-22-24)14-7-6-8-15(11-14)19-18(26)13(2)23-9-4-5-10-23/h4-11,13H,3,12H2,1-2H3,(H,19,26)/t13-/m1/s1. The minimum Gasteiger partial charge on any atom is -0.465 e. The van der Waals surface area contributed by atoms with Crippen molar-refractivity contribution in [2.45, 2.75) is 26.4 Å². The number of anilines is 1. The van der Waals surface area contributed by atoms with E-state index in [1.165, 1.54) is 4.80 Å². The molecule has 1 amide bonds. The molecule has 0 fully saturated rings. The number of rotatable bonds is 7. The van der Waals surface area contributed by atoms with Crippen molar-refractivity contribution in [3.8, 4) is 11.4 Å². The van der Waals surface area contributed by atoms with Crippen LogP contribution in [0.4, 0.5) is 5.69 Å². The van der Waals surface area contributed by atoms with E-state index in [4.69, 9.17) is 4.74 Å². The molecular formula is C18H20N6O3. The monoisotopic (exact) mass is 368 g/mol. The number of nitrogens with zero attached hydrogens (tertiary/aromatic N) is 5. The summed E-state index contributed by atoms with van der Waals surface area (Å²) in [6.45, 7) is 3.74. The largest absolute Gasteiger partial charge is 0.465 e. The molecule has 0 unspecified atom stereocenters. The average molecular weight is 368 g/mol. The van der Waals surface area contributed by atoms with E-state index in [0.29, 0.717) is 23.7 Å². The number of nitrogens with one attached hydrogen (secondary N) is 1. The molecule has 9 nitrogen and oxygen atoms in total. The van der Waals surface area contributed by atoms with Crippen molar-refractivity contribution in [3.05, 3.63) is 48.8 Å². The van der Waals surface area contributed by atoms with Gasteiger partial charge >= 0.3 is 5.97 Å². The number of ether oxygens (including phenoxy) is 1. The molecule has 1 aromatic carbocycles. The third kappa shape index (κ3) is 4.57. The molecule has 3 aromatic rings. The smallest absolute Gasteiger partial charge is 0.329 e. The van der Waals surface area contributed by atoms with E-state index in [2.05, 4.69) is 20.7 Å². The zero-order valence-corrected chi connectivity index (χ0v) is 15.1. The molecule has 0 aliphatic rings. The van der Waals surface area contributed by atoms with Crippen LogP contribution in [0.5, 0.6) is 0 Å². The van der Waals surface area contributed by atoms with Gasteiger partial charge in [0.25, 0.3) is 0 Å². The molecule has 0 bridgehead atoms. The first-order valence-electron chi connectivity index (χ1n) is 8.54. The molecule has 0 radical (unpaired) electrons. The molecule has 0 saturated heterocycles. The zero-order valence-electron chi connectivity index (χ0n) is 15.1. The van der Waals surface area contributed by atoms with Crippen molar-refractivity contribution >= 4 is 17.6 Å². The second-order valence-corrected chi connectivity index (χ2v) is 5.82. The highest BCUT2D eigenvalue weighted by Gasteiger charge is 2.15. The van der Waals surface area contributed by atoms with Gasteiger partial charge in [-0.15, -0.1) is 10.2 Å². The van der Waals surface area contributed by atoms with Gasteiger partial charge in [0.1, 0.15) is 6.04 Å². The Bertz CT molecular complexity index is 919. The van der Waals surface area contributed by atoms with Crippen LogP contribution in [0, 0.1) is 0 Å². The number of benzene rings is 1. The summed E-state index contributed by atoms with van der Waals surface area (Å²) < 4.78 is 6.68. The van der Waals surface area contributed by atoms with Crippen LogP contribution in [0.1, 0.15) is 19.9 Å². The summed E-state index contributed by atoms with van der Waals surface area (Å²) in [5, 5.41) is 14.9. The van der Waals surface area contributed by atoms with Crippen LogP contribution >= 0.6 is 0 Å². The van der Waals surface area contributed by atoms with Crippen molar-refractivity contribution in [2.24, 2.45) is 0 Å². The number of carbonyl (C=O) groups excluding carboxylic acids is 2. The van der Waals surface area contributed by atoms with Gasteiger partial charge in [-0.3, -0.25) is 4.79 Å². The Morgan fingerprint density at radius 1 is 1.22 bits per heavy atom. The molecule has 0 aliphatic carbocycles. The second kappa shape index (κ2) is 8.26. The Balaban J connectivity index is 1.69. The molecule has 1 N–H and O–H groups in total. The predicted molar refractivity (Wildman–Crippen MR) is 97.7 cm³/mol. The molecule has 0 aliphatic heterocycles. The van der Waals surface area contributed by atoms with Crippen LogP contribution in [-0.2, 0) is 20.9 Å². The number of tetrazole rings is 1. The van der Waals surface area contributed by atoms with Gasteiger partial charge in [0, 0.05) is 23.6 Å². The molecule has 9 heteroatoms. The number of hydrogen-bond donors (Lipinski definition) is 1. The average Bonchev–Trinajstić information content (AvgIpc) is 3.33. The first kappa shape index (κ1) is 18.3. The highest BCUT2D eigenvalue weighted by Crippen LogP contribution is 2.20. The van der Waals surface area contributed by atoms with Crippen LogP contribution < -0.4 is 5.32 Å². The molecule has 3 rings (SSSR count). The Kier molecular flexibility index (Phi) is 5.60. The fourth-order valence-electron chi connectivity index (χ4n) is 2.47. The van der Waals surface area contributed by atoms with Gasteiger partial charge in [-0.1, -0.05) is 12.1 Å². The highest BCUT2D eigenvalue weighted by molar-refractivity contribution is 5.94. The lowest BCUT2D eigenvalue weighted by atomic mass is 10.2. The van der Waals surface area contributed by atoms with Gasteiger partial charge < -0.3 is 14.6 Å². The van der Waals surface area contributed by atoms with E-state index in [-0.39, 0.29) is 18.5 Å². The molecule has 1 atom stereocenters. The van der Waals surface area contributed by atoms with Gasteiger partial charge in [-0.25, -0.2) is 4.79 Å². The van der Waals surface area contributed by atoms with Gasteiger partial charge in [0.15, 0.2) is 6.54 Å². The van der Waals surface area contributed by atoms with Crippen molar-refractivity contribution < 1.29 is 14.3 Å². The maximum Gasteiger partial charge on any atom is 0.329 e. The van der Waals surface area contributed by atoms with Crippen molar-refractivity contribution in [3.63, 3.8) is 0 Å². The van der Waals surface area contributed by atoms with E-state index < -0.39 is 5.97 Å². The van der Waals surface area contributed by atoms with E-state index >= 15 is 0 Å². The third-order valence-electron chi connectivity index (χ3n) is 3.87. The molecule has 2 heterocycles. The summed E-state index contributed by atoms with van der Waals surface area (Å²) in [6, 6.07) is 10.5. The van der Waals surface area contributed by atoms with Gasteiger partial charge in [-0.2, -0.15) is 4.80 Å². The van der Waals surface area contributed by atoms with Crippen LogP contribution in [0.3, 0.4) is 0 Å². The van der Waals surface area contributed by atoms with Crippen LogP contribution in [-0.4, -0.2) is 43.3 Å². The molecule has 0 spiro atoms. The normalized spacial score (nSPS) is 11.8. The number of amides is 1. The van der Waals surface area contributed by atoms with Gasteiger partial charge in [0.2, 0.25) is 11.7 Å². The van der Waals surface area contributed by atoms with Crippen LogP contribution in [0.2, 0.25) is 0 Å². The Morgan fingerprint density at radius 2 is 2.00 bits per heavy atom. The van der Waals surface area contributed by atoms with E-state index in [1.807, 2.05) is 36.0 Å². The first-order chi connectivity index (χ1) is 13.1. The fourth-order valence-corrected chi connectivity index (χ4v) is 2.47. The number of aromatic nitrogens is 5. The quantitative estimate of drug-likeness (QED) is 0.639. The SMILES string of the molecule is CCOC(=O)Cn1nnc(-c2cccc(NC(=O)[C@@H](C)n3cccc3)c2)n1. The lowest BCUT2D eigenvalue weighted by Crippen LogP contribution is -2.22. The molecule has 140 valence electrons. The predicted octanol–water partition coefficient (Wildman–Crippen LogP) is 1.90. The van der Waals surface area contributed by atoms with Crippen molar-refractivity contribution in [1.82, 2.24) is 24.8 Å². The molecular weight excluding hydrogens is 348 g/mol. The Hall–Kier alpha value is -3.49. The van der Waals surface area contributed by atoms with Gasteiger partial charge in [0.05, 0.1) is 6.61 Å². The maximum atomic E-state index is 12.4. The first-order valence-corrected chi connectivity index (χ1v) is 8.54. The number of esters is 1. The summed E-state index contributed by atoms with van der Waals surface area (Å²) in [6.07, 6.45) is 3.68. The summed E-state index contributed by atoms with van der Waals surface area (Å²) in [5.41, 5.74) is 1.30. The van der Waals surface area contributed by atoms with Crippen molar-refractivity contribution in [2.75, 3.05) is 11.9 Å². The zero-order chi connectivity index (χ0) is 19.2. The van der Waals surface area contributed by atoms with Gasteiger partial charge in [-0.05, 0) is 43.3 Å². The highest BCUT2D eigenvalue weighted by atomic mass is 16.5. The van der Waals surface area contributed by atoms with Crippen molar-refractivity contribution in [1.29, 1.82) is 0 Å². The topological polar surface area (TPSA) is 104 Å². The van der Waals surface area contributed by atoms with Crippen LogP contribution in [0.25, 0.3) is 11.4 Å². The third-order valence-corrected chi connectivity index (χ3v) is 3.87. The Labute approximate surface area is 155 Å². The molecule has 0 saturated carbocycles. The van der Waals surface area contributed by atoms with E-state index in [1.54, 1.807) is 31.2 Å². The van der Waals surface area contributed by atoms with E-state index in [0.717, 1.165) is 0 Å². The second-order valence-electron chi connectivity index (χ2n) is 5.82. The number of hydrogen-bond acceptors (Lipinski definition) is 6. The fraction of sp³-hybridized carbons (Fsp3) is 0.278. The lowest BCUT2D eigenvalue weighted by Gasteiger charge is -2.14. The van der Waals surface area contributed by atoms with E-state index in [9.17, 15) is 9.59 Å². The summed E-state index contributed by atoms with van der Waals surface area (Å²) in [7, 11) is 0. The minimum atomic E-state index is -0.429. The lowest BCUT2D eigenvalue weighted by molar-refractivity contribution is -0.144. The molecule has 27 heavy (non-hydrogen) atoms. The summed E-state index contributed by atoms with van der Waals surface area (Å²) in [5.74, 6) is -0.211.